The predicted molar refractivity (Wildman–Crippen MR) is 63.7 cm³/mol. The summed E-state index contributed by atoms with van der Waals surface area (Å²) in [6.45, 7) is 2.86. The van der Waals surface area contributed by atoms with Crippen LogP contribution in [0.5, 0.6) is 0 Å². The molecule has 2 aromatic rings. The third-order valence-corrected chi connectivity index (χ3v) is 2.47. The molecule has 0 saturated carbocycles. The molecule has 7 nitrogen and oxygen atoms in total. The van der Waals surface area contributed by atoms with Gasteiger partial charge in [-0.05, 0) is 12.6 Å². The first-order chi connectivity index (χ1) is 9.52. The average Bonchev–Trinajstić information content (AvgIpc) is 2.87. The van der Waals surface area contributed by atoms with E-state index in [1.807, 2.05) is 6.92 Å². The Hall–Kier alpha value is -2.42. The predicted octanol–water partition coefficient (Wildman–Crippen LogP) is 2.03. The maximum atomic E-state index is 13.2. The molecule has 2 rings (SSSR count). The number of benzene rings is 1. The van der Waals surface area contributed by atoms with Crippen LogP contribution in [0.25, 0.3) is 11.5 Å². The van der Waals surface area contributed by atoms with Crippen molar-refractivity contribution in [3.63, 3.8) is 0 Å². The van der Waals surface area contributed by atoms with E-state index in [4.69, 9.17) is 4.52 Å². The average molecular weight is 284 g/mol. The van der Waals surface area contributed by atoms with Crippen LogP contribution in [-0.2, 0) is 6.54 Å². The van der Waals surface area contributed by atoms with E-state index in [9.17, 15) is 18.9 Å². The maximum absolute atomic E-state index is 13.2. The zero-order valence-corrected chi connectivity index (χ0v) is 10.4. The smallest absolute Gasteiger partial charge is 0.285 e. The summed E-state index contributed by atoms with van der Waals surface area (Å²) in [6.07, 6.45) is 0. The number of hydrogen-bond acceptors (Lipinski definition) is 6. The first-order valence-corrected chi connectivity index (χ1v) is 5.70. The number of nitro groups is 1. The molecule has 1 aromatic carbocycles. The van der Waals surface area contributed by atoms with Crippen molar-refractivity contribution >= 4 is 5.69 Å². The van der Waals surface area contributed by atoms with Crippen molar-refractivity contribution in [3.05, 3.63) is 39.7 Å². The lowest BCUT2D eigenvalue weighted by molar-refractivity contribution is -0.384. The van der Waals surface area contributed by atoms with E-state index in [-0.39, 0.29) is 17.3 Å². The normalized spacial score (nSPS) is 10.8. The van der Waals surface area contributed by atoms with Crippen LogP contribution in [0.15, 0.2) is 16.7 Å². The molecule has 0 aliphatic rings. The van der Waals surface area contributed by atoms with Gasteiger partial charge in [0.15, 0.2) is 17.5 Å². The van der Waals surface area contributed by atoms with Crippen LogP contribution in [0.3, 0.4) is 0 Å². The van der Waals surface area contributed by atoms with E-state index >= 15 is 0 Å². The van der Waals surface area contributed by atoms with E-state index in [0.717, 1.165) is 0 Å². The molecule has 106 valence electrons. The summed E-state index contributed by atoms with van der Waals surface area (Å²) in [5.74, 6) is -2.51. The van der Waals surface area contributed by atoms with Crippen LogP contribution in [-0.4, -0.2) is 21.6 Å². The summed E-state index contributed by atoms with van der Waals surface area (Å²) >= 11 is 0. The summed E-state index contributed by atoms with van der Waals surface area (Å²) in [7, 11) is 0. The molecule has 0 fully saturated rings. The van der Waals surface area contributed by atoms with Gasteiger partial charge in [-0.15, -0.1) is 0 Å². The van der Waals surface area contributed by atoms with Crippen LogP contribution < -0.4 is 5.32 Å². The number of nitrogens with one attached hydrogen (secondary N) is 1. The van der Waals surface area contributed by atoms with E-state index in [1.54, 1.807) is 0 Å². The topological polar surface area (TPSA) is 94.1 Å². The van der Waals surface area contributed by atoms with Crippen molar-refractivity contribution in [2.75, 3.05) is 6.54 Å². The third kappa shape index (κ3) is 2.77. The van der Waals surface area contributed by atoms with E-state index < -0.39 is 22.2 Å². The molecule has 1 aromatic heterocycles. The number of nitrogens with zero attached hydrogens (tertiary/aromatic N) is 3. The van der Waals surface area contributed by atoms with Crippen LogP contribution in [0, 0.1) is 21.7 Å². The Balaban J connectivity index is 2.43. The minimum Gasteiger partial charge on any atom is -0.334 e. The Morgan fingerprint density at radius 3 is 2.75 bits per heavy atom. The van der Waals surface area contributed by atoms with Crippen LogP contribution in [0.4, 0.5) is 14.5 Å². The molecule has 0 radical (unpaired) electrons. The van der Waals surface area contributed by atoms with Gasteiger partial charge in [-0.2, -0.15) is 4.98 Å². The molecule has 0 atom stereocenters. The Kier molecular flexibility index (Phi) is 3.99. The summed E-state index contributed by atoms with van der Waals surface area (Å²) < 4.78 is 31.1. The van der Waals surface area contributed by atoms with Crippen molar-refractivity contribution in [2.45, 2.75) is 13.5 Å². The zero-order chi connectivity index (χ0) is 14.7. The lowest BCUT2D eigenvalue weighted by Crippen LogP contribution is -2.12. The molecule has 0 aliphatic carbocycles. The van der Waals surface area contributed by atoms with E-state index in [2.05, 4.69) is 15.5 Å². The third-order valence-electron chi connectivity index (χ3n) is 2.47. The van der Waals surface area contributed by atoms with Crippen LogP contribution in [0.1, 0.15) is 12.7 Å². The maximum Gasteiger partial charge on any atom is 0.285 e. The van der Waals surface area contributed by atoms with Gasteiger partial charge in [0.1, 0.15) is 5.56 Å². The van der Waals surface area contributed by atoms with Crippen molar-refractivity contribution in [1.82, 2.24) is 15.5 Å². The van der Waals surface area contributed by atoms with Crippen molar-refractivity contribution in [1.29, 1.82) is 0 Å². The lowest BCUT2D eigenvalue weighted by Gasteiger charge is -1.99. The number of nitro benzene ring substituents is 1. The number of halogens is 2. The molecular formula is C11H10F2N4O3. The molecule has 0 saturated heterocycles. The fourth-order valence-electron chi connectivity index (χ4n) is 1.53. The zero-order valence-electron chi connectivity index (χ0n) is 10.4. The number of hydrogen-bond donors (Lipinski definition) is 1. The standard InChI is InChI=1S/C11H10F2N4O3/c1-2-14-5-10-15-11(20-16-10)6-3-7(12)8(13)4-9(6)17(18)19/h3-4,14H,2,5H2,1H3. The molecule has 9 heteroatoms. The minimum atomic E-state index is -1.31. The second-order valence-electron chi connectivity index (χ2n) is 3.84. The van der Waals surface area contributed by atoms with Gasteiger partial charge in [0.25, 0.3) is 11.6 Å². The van der Waals surface area contributed by atoms with Crippen molar-refractivity contribution in [3.8, 4) is 11.5 Å². The quantitative estimate of drug-likeness (QED) is 0.667. The molecule has 20 heavy (non-hydrogen) atoms. The fraction of sp³-hybridized carbons (Fsp3) is 0.273. The Morgan fingerprint density at radius 2 is 2.10 bits per heavy atom. The van der Waals surface area contributed by atoms with Gasteiger partial charge in [0, 0.05) is 0 Å². The highest BCUT2D eigenvalue weighted by atomic mass is 19.2. The Morgan fingerprint density at radius 1 is 1.40 bits per heavy atom. The monoisotopic (exact) mass is 284 g/mol. The highest BCUT2D eigenvalue weighted by Crippen LogP contribution is 2.30. The summed E-state index contributed by atoms with van der Waals surface area (Å²) in [5, 5.41) is 17.4. The number of rotatable bonds is 5. The van der Waals surface area contributed by atoms with Gasteiger partial charge >= 0.3 is 0 Å². The van der Waals surface area contributed by atoms with Gasteiger partial charge in [-0.1, -0.05) is 12.1 Å². The van der Waals surface area contributed by atoms with Gasteiger partial charge in [-0.25, -0.2) is 8.78 Å². The van der Waals surface area contributed by atoms with E-state index in [1.165, 1.54) is 0 Å². The molecule has 0 spiro atoms. The van der Waals surface area contributed by atoms with Crippen molar-refractivity contribution in [2.24, 2.45) is 0 Å². The summed E-state index contributed by atoms with van der Waals surface area (Å²) in [6, 6.07) is 1.15. The number of aromatic nitrogens is 2. The molecule has 1 heterocycles. The molecule has 0 amide bonds. The Bertz CT molecular complexity index is 645. The highest BCUT2D eigenvalue weighted by molar-refractivity contribution is 5.66. The molecule has 0 aliphatic heterocycles. The summed E-state index contributed by atoms with van der Waals surface area (Å²) in [4.78, 5) is 13.9. The minimum absolute atomic E-state index is 0.233. The molecular weight excluding hydrogens is 274 g/mol. The Labute approximate surface area is 111 Å². The first kappa shape index (κ1) is 14.0. The first-order valence-electron chi connectivity index (χ1n) is 5.70. The summed E-state index contributed by atoms with van der Waals surface area (Å²) in [5.41, 5.74) is -0.897. The van der Waals surface area contributed by atoms with Gasteiger partial charge in [0.05, 0.1) is 17.5 Å². The van der Waals surface area contributed by atoms with Gasteiger partial charge < -0.3 is 9.84 Å². The largest absolute Gasteiger partial charge is 0.334 e. The molecule has 0 bridgehead atoms. The van der Waals surface area contributed by atoms with Gasteiger partial charge in [0.2, 0.25) is 0 Å². The SMILES string of the molecule is CCNCc1noc(-c2cc(F)c(F)cc2[N+](=O)[O-])n1. The van der Waals surface area contributed by atoms with Gasteiger partial charge in [-0.3, -0.25) is 10.1 Å². The molecule has 1 N–H and O–H groups in total. The van der Waals surface area contributed by atoms with Crippen LogP contribution in [0.2, 0.25) is 0 Å². The van der Waals surface area contributed by atoms with E-state index in [0.29, 0.717) is 25.2 Å². The second kappa shape index (κ2) is 5.70. The fourth-order valence-corrected chi connectivity index (χ4v) is 1.53. The molecule has 0 unspecified atom stereocenters. The second-order valence-corrected chi connectivity index (χ2v) is 3.84. The highest BCUT2D eigenvalue weighted by Gasteiger charge is 2.24. The van der Waals surface area contributed by atoms with Crippen LogP contribution >= 0.6 is 0 Å². The van der Waals surface area contributed by atoms with Crippen molar-refractivity contribution < 1.29 is 18.2 Å². The lowest BCUT2D eigenvalue weighted by atomic mass is 10.1.